The third-order valence-electron chi connectivity index (χ3n) is 1.69. The van der Waals surface area contributed by atoms with Gasteiger partial charge in [0.25, 0.3) is 5.91 Å². The van der Waals surface area contributed by atoms with Gasteiger partial charge in [0.05, 0.1) is 5.69 Å². The lowest BCUT2D eigenvalue weighted by Gasteiger charge is -2.22. The van der Waals surface area contributed by atoms with Crippen LogP contribution in [0.3, 0.4) is 0 Å². The van der Waals surface area contributed by atoms with Gasteiger partial charge in [0, 0.05) is 17.3 Å². The lowest BCUT2D eigenvalue weighted by atomic mass is 10.2. The maximum absolute atomic E-state index is 10.9. The molecule has 60 valence electrons. The van der Waals surface area contributed by atoms with Crippen molar-refractivity contribution < 1.29 is 4.79 Å². The monoisotopic (exact) mass is 179 g/mol. The molecule has 1 amide bonds. The first kappa shape index (κ1) is 7.37. The van der Waals surface area contributed by atoms with E-state index in [9.17, 15) is 4.79 Å². The topological polar surface area (TPSA) is 20.3 Å². The summed E-state index contributed by atoms with van der Waals surface area (Å²) < 4.78 is 0. The Balaban J connectivity index is 2.35. The van der Waals surface area contributed by atoms with Crippen molar-refractivity contribution >= 4 is 23.2 Å². The van der Waals surface area contributed by atoms with Gasteiger partial charge in [-0.25, -0.2) is 0 Å². The second-order valence-corrected chi connectivity index (χ2v) is 2.94. The Morgan fingerprint density at radius 3 is 2.67 bits per heavy atom. The first-order valence-electron chi connectivity index (χ1n) is 3.54. The minimum atomic E-state index is -0.00253. The van der Waals surface area contributed by atoms with Crippen LogP contribution < -0.4 is 4.90 Å². The normalized spacial score (nSPS) is 14.8. The molecule has 0 saturated carbocycles. The molecule has 1 aromatic rings. The molecule has 1 aliphatic rings. The van der Waals surface area contributed by atoms with Crippen LogP contribution in [0.15, 0.2) is 36.5 Å². The molecule has 0 bridgehead atoms. The third-order valence-corrected chi connectivity index (χ3v) is 1.93. The number of hydrogen-bond donors (Lipinski definition) is 0. The molecule has 0 fully saturated rings. The van der Waals surface area contributed by atoms with Crippen molar-refractivity contribution in [1.82, 2.24) is 0 Å². The fourth-order valence-corrected chi connectivity index (χ4v) is 1.23. The van der Waals surface area contributed by atoms with E-state index in [-0.39, 0.29) is 5.91 Å². The summed E-state index contributed by atoms with van der Waals surface area (Å²) in [6, 6.07) is 7.19. The van der Waals surface area contributed by atoms with Crippen molar-refractivity contribution in [2.24, 2.45) is 0 Å². The van der Waals surface area contributed by atoms with Crippen molar-refractivity contribution in [1.29, 1.82) is 0 Å². The van der Waals surface area contributed by atoms with Crippen LogP contribution >= 0.6 is 11.6 Å². The first-order valence-corrected chi connectivity index (χ1v) is 3.92. The van der Waals surface area contributed by atoms with Gasteiger partial charge < -0.3 is 0 Å². The van der Waals surface area contributed by atoms with Crippen LogP contribution in [0.5, 0.6) is 0 Å². The minimum Gasteiger partial charge on any atom is -0.284 e. The second-order valence-electron chi connectivity index (χ2n) is 2.50. The summed E-state index contributed by atoms with van der Waals surface area (Å²) in [4.78, 5) is 12.5. The van der Waals surface area contributed by atoms with E-state index in [2.05, 4.69) is 0 Å². The van der Waals surface area contributed by atoms with Crippen LogP contribution in [0, 0.1) is 0 Å². The van der Waals surface area contributed by atoms with E-state index in [0.29, 0.717) is 5.02 Å². The second kappa shape index (κ2) is 2.64. The fourth-order valence-electron chi connectivity index (χ4n) is 1.05. The van der Waals surface area contributed by atoms with E-state index in [0.717, 1.165) is 5.69 Å². The molecule has 0 atom stereocenters. The summed E-state index contributed by atoms with van der Waals surface area (Å²) in [6.45, 7) is 0. The summed E-state index contributed by atoms with van der Waals surface area (Å²) in [6.07, 6.45) is 3.23. The van der Waals surface area contributed by atoms with Crippen molar-refractivity contribution in [3.8, 4) is 0 Å². The first-order chi connectivity index (χ1) is 5.77. The largest absolute Gasteiger partial charge is 0.284 e. The average molecular weight is 180 g/mol. The molecule has 0 radical (unpaired) electrons. The maximum Gasteiger partial charge on any atom is 0.256 e. The van der Waals surface area contributed by atoms with Gasteiger partial charge in [-0.2, -0.15) is 0 Å². The van der Waals surface area contributed by atoms with Crippen molar-refractivity contribution in [3.05, 3.63) is 41.6 Å². The highest BCUT2D eigenvalue weighted by molar-refractivity contribution is 6.31. The molecule has 0 aromatic heterocycles. The van der Waals surface area contributed by atoms with Gasteiger partial charge in [-0.3, -0.25) is 9.69 Å². The standard InChI is InChI=1S/C9H6ClNO/c10-7-2-1-3-8(6-7)11-5-4-9(11)12/h1-6H. The number of anilines is 1. The summed E-state index contributed by atoms with van der Waals surface area (Å²) in [5, 5.41) is 0.639. The number of rotatable bonds is 1. The highest BCUT2D eigenvalue weighted by Gasteiger charge is 2.17. The molecule has 1 aliphatic heterocycles. The molecule has 0 aliphatic carbocycles. The van der Waals surface area contributed by atoms with Crippen LogP contribution in [-0.2, 0) is 4.79 Å². The third kappa shape index (κ3) is 1.10. The Morgan fingerprint density at radius 2 is 2.17 bits per heavy atom. The lowest BCUT2D eigenvalue weighted by molar-refractivity contribution is -0.114. The molecule has 3 heteroatoms. The van der Waals surface area contributed by atoms with Crippen LogP contribution in [0.4, 0.5) is 5.69 Å². The molecule has 2 rings (SSSR count). The van der Waals surface area contributed by atoms with Crippen molar-refractivity contribution in [3.63, 3.8) is 0 Å². The Morgan fingerprint density at radius 1 is 1.33 bits per heavy atom. The van der Waals surface area contributed by atoms with Gasteiger partial charge in [-0.05, 0) is 18.2 Å². The molecular formula is C9H6ClNO. The molecular weight excluding hydrogens is 174 g/mol. The van der Waals surface area contributed by atoms with Crippen LogP contribution in [-0.4, -0.2) is 5.91 Å². The van der Waals surface area contributed by atoms with E-state index in [1.165, 1.54) is 6.08 Å². The highest BCUT2D eigenvalue weighted by atomic mass is 35.5. The Kier molecular flexibility index (Phi) is 1.62. The number of carbonyl (C=O) groups is 1. The number of benzene rings is 1. The Hall–Kier alpha value is -1.28. The van der Waals surface area contributed by atoms with Crippen LogP contribution in [0.25, 0.3) is 0 Å². The van der Waals surface area contributed by atoms with Gasteiger partial charge in [-0.1, -0.05) is 17.7 Å². The zero-order chi connectivity index (χ0) is 8.55. The molecule has 0 spiro atoms. The zero-order valence-electron chi connectivity index (χ0n) is 6.20. The van der Waals surface area contributed by atoms with Gasteiger partial charge >= 0.3 is 0 Å². The molecule has 1 heterocycles. The van der Waals surface area contributed by atoms with Crippen molar-refractivity contribution in [2.75, 3.05) is 4.90 Å². The minimum absolute atomic E-state index is 0.00253. The number of nitrogens with zero attached hydrogens (tertiary/aromatic N) is 1. The van der Waals surface area contributed by atoms with Gasteiger partial charge in [0.2, 0.25) is 0 Å². The molecule has 2 nitrogen and oxygen atoms in total. The molecule has 12 heavy (non-hydrogen) atoms. The molecule has 0 saturated heterocycles. The summed E-state index contributed by atoms with van der Waals surface area (Å²) in [7, 11) is 0. The van der Waals surface area contributed by atoms with Gasteiger partial charge in [0.15, 0.2) is 0 Å². The van der Waals surface area contributed by atoms with Crippen LogP contribution in [0.1, 0.15) is 0 Å². The maximum atomic E-state index is 10.9. The fraction of sp³-hybridized carbons (Fsp3) is 0. The summed E-state index contributed by atoms with van der Waals surface area (Å²) in [5.74, 6) is -0.00253. The highest BCUT2D eigenvalue weighted by Crippen LogP contribution is 2.22. The molecule has 1 aromatic carbocycles. The summed E-state index contributed by atoms with van der Waals surface area (Å²) in [5.41, 5.74) is 0.815. The molecule has 0 N–H and O–H groups in total. The number of hydrogen-bond acceptors (Lipinski definition) is 1. The summed E-state index contributed by atoms with van der Waals surface area (Å²) >= 11 is 5.76. The van der Waals surface area contributed by atoms with Crippen molar-refractivity contribution in [2.45, 2.75) is 0 Å². The number of amides is 1. The quantitative estimate of drug-likeness (QED) is 0.647. The average Bonchev–Trinajstić information content (AvgIpc) is 2.02. The van der Waals surface area contributed by atoms with E-state index in [1.807, 2.05) is 12.1 Å². The van der Waals surface area contributed by atoms with E-state index < -0.39 is 0 Å². The van der Waals surface area contributed by atoms with Gasteiger partial charge in [-0.15, -0.1) is 0 Å². The predicted molar refractivity (Wildman–Crippen MR) is 48.1 cm³/mol. The van der Waals surface area contributed by atoms with Gasteiger partial charge in [0.1, 0.15) is 0 Å². The zero-order valence-corrected chi connectivity index (χ0v) is 6.95. The van der Waals surface area contributed by atoms with E-state index >= 15 is 0 Å². The number of carbonyl (C=O) groups excluding carboxylic acids is 1. The predicted octanol–water partition coefficient (Wildman–Crippen LogP) is 2.20. The lowest BCUT2D eigenvalue weighted by Crippen LogP contribution is -2.30. The SMILES string of the molecule is O=C1C=CN1c1cccc(Cl)c1. The van der Waals surface area contributed by atoms with E-state index in [4.69, 9.17) is 11.6 Å². The Bertz CT molecular complexity index is 359. The smallest absolute Gasteiger partial charge is 0.256 e. The molecule has 0 unspecified atom stereocenters. The van der Waals surface area contributed by atoms with Crippen LogP contribution in [0.2, 0.25) is 5.02 Å². The number of halogens is 1. The Labute approximate surface area is 75.1 Å². The van der Waals surface area contributed by atoms with E-state index in [1.54, 1.807) is 23.2 Å².